The van der Waals surface area contributed by atoms with E-state index in [1.165, 1.54) is 10.4 Å². The van der Waals surface area contributed by atoms with Crippen molar-refractivity contribution < 1.29 is 18.3 Å². The zero-order chi connectivity index (χ0) is 14.6. The Kier molecular flexibility index (Phi) is 5.14. The Bertz CT molecular complexity index is 562. The first-order chi connectivity index (χ1) is 9.57. The zero-order valence-corrected chi connectivity index (χ0v) is 12.7. The molecule has 1 fully saturated rings. The van der Waals surface area contributed by atoms with Gasteiger partial charge in [-0.3, -0.25) is 4.79 Å². The predicted molar refractivity (Wildman–Crippen MR) is 76.3 cm³/mol. The van der Waals surface area contributed by atoms with Gasteiger partial charge in [0.15, 0.2) is 0 Å². The first kappa shape index (κ1) is 15.4. The van der Waals surface area contributed by atoms with Crippen LogP contribution in [0, 0.1) is 0 Å². The van der Waals surface area contributed by atoms with Crippen molar-refractivity contribution in [1.82, 2.24) is 9.62 Å². The number of nitrogens with zero attached hydrogens (tertiary/aromatic N) is 1. The van der Waals surface area contributed by atoms with Crippen molar-refractivity contribution in [3.8, 4) is 0 Å². The van der Waals surface area contributed by atoms with Gasteiger partial charge in [0.1, 0.15) is 9.77 Å². The largest absolute Gasteiger partial charge is 0.396 e. The maximum absolute atomic E-state index is 12.5. The molecule has 1 aromatic heterocycles. The molecule has 8 heteroatoms. The Morgan fingerprint density at radius 2 is 2.10 bits per heavy atom. The fourth-order valence-corrected chi connectivity index (χ4v) is 4.93. The molecule has 112 valence electrons. The number of thiophene rings is 1. The van der Waals surface area contributed by atoms with Crippen molar-refractivity contribution in [2.24, 2.45) is 0 Å². The molecule has 0 atom stereocenters. The fourth-order valence-electron chi connectivity index (χ4n) is 2.09. The summed E-state index contributed by atoms with van der Waals surface area (Å²) in [6.45, 7) is 1.35. The lowest BCUT2D eigenvalue weighted by atomic mass is 10.4. The summed E-state index contributed by atoms with van der Waals surface area (Å²) >= 11 is 1.12. The van der Waals surface area contributed by atoms with Gasteiger partial charge in [0.2, 0.25) is 10.0 Å². The molecule has 0 radical (unpaired) electrons. The Morgan fingerprint density at radius 1 is 1.40 bits per heavy atom. The number of rotatable bonds is 6. The lowest BCUT2D eigenvalue weighted by molar-refractivity contribution is 0.0952. The average Bonchev–Trinajstić information content (AvgIpc) is 3.10. The molecule has 2 N–H and O–H groups in total. The van der Waals surface area contributed by atoms with Crippen LogP contribution in [0.1, 0.15) is 28.9 Å². The predicted octanol–water partition coefficient (Wildman–Crippen LogP) is 0.645. The fraction of sp³-hybridized carbons (Fsp3) is 0.583. The van der Waals surface area contributed by atoms with E-state index in [1.54, 1.807) is 5.38 Å². The van der Waals surface area contributed by atoms with Crippen LogP contribution >= 0.6 is 11.3 Å². The van der Waals surface area contributed by atoms with E-state index < -0.39 is 15.9 Å². The van der Waals surface area contributed by atoms with E-state index >= 15 is 0 Å². The summed E-state index contributed by atoms with van der Waals surface area (Å²) in [5, 5.41) is 12.9. The van der Waals surface area contributed by atoms with Gasteiger partial charge in [0, 0.05) is 26.2 Å². The Balaban J connectivity index is 2.17. The van der Waals surface area contributed by atoms with Gasteiger partial charge in [-0.15, -0.1) is 11.3 Å². The number of aliphatic hydroxyl groups excluding tert-OH is 1. The molecule has 6 nitrogen and oxygen atoms in total. The smallest absolute Gasteiger partial charge is 0.262 e. The number of sulfonamides is 1. The van der Waals surface area contributed by atoms with Gasteiger partial charge in [0.05, 0.1) is 0 Å². The summed E-state index contributed by atoms with van der Waals surface area (Å²) in [6, 6.07) is 1.49. The molecule has 20 heavy (non-hydrogen) atoms. The van der Waals surface area contributed by atoms with Gasteiger partial charge >= 0.3 is 0 Å². The number of nitrogens with one attached hydrogen (secondary N) is 1. The van der Waals surface area contributed by atoms with Crippen LogP contribution in [0.2, 0.25) is 0 Å². The molecule has 1 saturated heterocycles. The van der Waals surface area contributed by atoms with Crippen molar-refractivity contribution in [3.63, 3.8) is 0 Å². The highest BCUT2D eigenvalue weighted by Gasteiger charge is 2.31. The molecular weight excluding hydrogens is 300 g/mol. The third-order valence-corrected chi connectivity index (χ3v) is 6.12. The van der Waals surface area contributed by atoms with Crippen LogP contribution in [0.15, 0.2) is 16.3 Å². The number of amides is 1. The van der Waals surface area contributed by atoms with Crippen molar-refractivity contribution in [2.75, 3.05) is 26.2 Å². The first-order valence-corrected chi connectivity index (χ1v) is 8.86. The first-order valence-electron chi connectivity index (χ1n) is 6.54. The van der Waals surface area contributed by atoms with Gasteiger partial charge in [-0.05, 0) is 30.7 Å². The van der Waals surface area contributed by atoms with Crippen LogP contribution in [0.25, 0.3) is 0 Å². The molecule has 1 aromatic rings. The maximum Gasteiger partial charge on any atom is 0.262 e. The third kappa shape index (κ3) is 3.20. The van der Waals surface area contributed by atoms with Gasteiger partial charge in [-0.2, -0.15) is 4.31 Å². The number of carbonyl (C=O) groups is 1. The van der Waals surface area contributed by atoms with Crippen molar-refractivity contribution >= 4 is 27.3 Å². The molecule has 2 rings (SSSR count). The van der Waals surface area contributed by atoms with Gasteiger partial charge in [-0.1, -0.05) is 0 Å². The molecule has 0 saturated carbocycles. The summed E-state index contributed by atoms with van der Waals surface area (Å²) in [4.78, 5) is 12.3. The Morgan fingerprint density at radius 3 is 2.75 bits per heavy atom. The van der Waals surface area contributed by atoms with Crippen LogP contribution in [0.5, 0.6) is 0 Å². The van der Waals surface area contributed by atoms with E-state index in [-0.39, 0.29) is 16.4 Å². The minimum absolute atomic E-state index is 0.0103. The molecule has 1 amide bonds. The van der Waals surface area contributed by atoms with Gasteiger partial charge in [0.25, 0.3) is 5.91 Å². The minimum Gasteiger partial charge on any atom is -0.396 e. The Labute approximate surface area is 122 Å². The summed E-state index contributed by atoms with van der Waals surface area (Å²) in [6.07, 6.45) is 2.17. The highest BCUT2D eigenvalue weighted by atomic mass is 32.2. The lowest BCUT2D eigenvalue weighted by Crippen LogP contribution is -2.31. The summed E-state index contributed by atoms with van der Waals surface area (Å²) in [7, 11) is -3.57. The normalized spacial score (nSPS) is 16.4. The van der Waals surface area contributed by atoms with E-state index in [0.717, 1.165) is 24.2 Å². The van der Waals surface area contributed by atoms with Crippen LogP contribution in [0.3, 0.4) is 0 Å². The molecule has 0 bridgehead atoms. The SMILES string of the molecule is O=C(NCCCO)c1sccc1S(=O)(=O)N1CCCC1. The number of aliphatic hydroxyl groups is 1. The molecule has 0 aromatic carbocycles. The second kappa shape index (κ2) is 6.66. The summed E-state index contributed by atoms with van der Waals surface area (Å²) in [5.41, 5.74) is 0. The number of carbonyl (C=O) groups excluding carboxylic acids is 1. The van der Waals surface area contributed by atoms with E-state index in [4.69, 9.17) is 5.11 Å². The second-order valence-electron chi connectivity index (χ2n) is 4.56. The van der Waals surface area contributed by atoms with E-state index in [9.17, 15) is 13.2 Å². The van der Waals surface area contributed by atoms with Crippen LogP contribution < -0.4 is 5.32 Å². The minimum atomic E-state index is -3.57. The highest BCUT2D eigenvalue weighted by Crippen LogP contribution is 2.27. The summed E-state index contributed by atoms with van der Waals surface area (Å²) < 4.78 is 26.4. The van der Waals surface area contributed by atoms with Gasteiger partial charge in [-0.25, -0.2) is 8.42 Å². The topological polar surface area (TPSA) is 86.7 Å². The molecule has 1 aliphatic rings. The molecular formula is C12H18N2O4S2. The lowest BCUT2D eigenvalue weighted by Gasteiger charge is -2.15. The molecule has 2 heterocycles. The van der Waals surface area contributed by atoms with E-state index in [0.29, 0.717) is 26.1 Å². The molecule has 0 aliphatic carbocycles. The highest BCUT2D eigenvalue weighted by molar-refractivity contribution is 7.89. The third-order valence-electron chi connectivity index (χ3n) is 3.14. The second-order valence-corrected chi connectivity index (χ2v) is 7.38. The zero-order valence-electron chi connectivity index (χ0n) is 11.0. The standard InChI is InChI=1S/C12H18N2O4S2/c15-8-3-5-13-12(16)11-10(4-9-19-11)20(17,18)14-6-1-2-7-14/h4,9,15H,1-3,5-8H2,(H,13,16). The number of hydrogen-bond acceptors (Lipinski definition) is 5. The van der Waals surface area contributed by atoms with Crippen molar-refractivity contribution in [3.05, 3.63) is 16.3 Å². The van der Waals surface area contributed by atoms with Gasteiger partial charge < -0.3 is 10.4 Å². The monoisotopic (exact) mass is 318 g/mol. The molecule has 0 unspecified atom stereocenters. The number of hydrogen-bond donors (Lipinski definition) is 2. The average molecular weight is 318 g/mol. The molecule has 1 aliphatic heterocycles. The van der Waals surface area contributed by atoms with Crippen LogP contribution in [0.4, 0.5) is 0 Å². The quantitative estimate of drug-likeness (QED) is 0.754. The summed E-state index contributed by atoms with van der Waals surface area (Å²) in [5.74, 6) is -0.397. The molecule has 0 spiro atoms. The van der Waals surface area contributed by atoms with Crippen LogP contribution in [-0.2, 0) is 10.0 Å². The Hall–Kier alpha value is -0.960. The maximum atomic E-state index is 12.5. The van der Waals surface area contributed by atoms with Crippen molar-refractivity contribution in [1.29, 1.82) is 0 Å². The van der Waals surface area contributed by atoms with Crippen molar-refractivity contribution in [2.45, 2.75) is 24.2 Å². The van der Waals surface area contributed by atoms with E-state index in [2.05, 4.69) is 5.32 Å². The van der Waals surface area contributed by atoms with Crippen LogP contribution in [-0.4, -0.2) is 50.0 Å². The van der Waals surface area contributed by atoms with E-state index in [1.807, 2.05) is 0 Å².